The van der Waals surface area contributed by atoms with Crippen LogP contribution in [0, 0.1) is 5.82 Å². The minimum absolute atomic E-state index is 0.259. The zero-order valence-electron chi connectivity index (χ0n) is 15.0. The first-order valence-electron chi connectivity index (χ1n) is 8.60. The van der Waals surface area contributed by atoms with E-state index in [1.165, 1.54) is 17.7 Å². The van der Waals surface area contributed by atoms with Gasteiger partial charge in [-0.3, -0.25) is 4.98 Å². The molecule has 4 nitrogen and oxygen atoms in total. The molecule has 0 amide bonds. The molecule has 0 spiro atoms. The van der Waals surface area contributed by atoms with Crippen molar-refractivity contribution in [3.05, 3.63) is 87.9 Å². The van der Waals surface area contributed by atoms with Crippen LogP contribution in [-0.4, -0.2) is 12.1 Å². The third kappa shape index (κ3) is 5.52. The lowest BCUT2D eigenvalue weighted by Gasteiger charge is -2.14. The van der Waals surface area contributed by atoms with Gasteiger partial charge >= 0.3 is 0 Å². The number of hydrogen-bond acceptors (Lipinski definition) is 3. The Labute approximate surface area is 166 Å². The fourth-order valence-corrected chi connectivity index (χ4v) is 3.30. The van der Waals surface area contributed by atoms with Crippen LogP contribution in [-0.2, 0) is 19.7 Å². The molecule has 140 valence electrons. The summed E-state index contributed by atoms with van der Waals surface area (Å²) in [5.74, 6) is 1.04. The summed E-state index contributed by atoms with van der Waals surface area (Å²) in [6.07, 6.45) is 3.60. The van der Waals surface area contributed by atoms with Crippen molar-refractivity contribution in [1.82, 2.24) is 4.98 Å². The van der Waals surface area contributed by atoms with Gasteiger partial charge in [0.2, 0.25) is 0 Å². The van der Waals surface area contributed by atoms with Crippen molar-refractivity contribution in [3.8, 4) is 11.5 Å². The number of pyridine rings is 1. The highest BCUT2D eigenvalue weighted by Crippen LogP contribution is 2.37. The number of aromatic nitrogens is 1. The number of quaternary nitrogens is 1. The smallest absolute Gasteiger partial charge is 0.175 e. The second-order valence-corrected chi connectivity index (χ2v) is 6.93. The molecule has 1 heterocycles. The van der Waals surface area contributed by atoms with Crippen LogP contribution >= 0.6 is 15.9 Å². The number of nitrogens with two attached hydrogens (primary N) is 1. The van der Waals surface area contributed by atoms with Crippen LogP contribution < -0.4 is 14.8 Å². The van der Waals surface area contributed by atoms with Gasteiger partial charge in [-0.1, -0.05) is 12.1 Å². The summed E-state index contributed by atoms with van der Waals surface area (Å²) in [5, 5.41) is 2.22. The van der Waals surface area contributed by atoms with Gasteiger partial charge in [-0.25, -0.2) is 4.39 Å². The van der Waals surface area contributed by atoms with Gasteiger partial charge in [-0.15, -0.1) is 0 Å². The van der Waals surface area contributed by atoms with Gasteiger partial charge in [0.1, 0.15) is 25.5 Å². The normalized spacial score (nSPS) is 10.6. The van der Waals surface area contributed by atoms with E-state index in [9.17, 15) is 4.39 Å². The Morgan fingerprint density at radius 1 is 0.963 bits per heavy atom. The fraction of sp³-hybridized carbons (Fsp3) is 0.190. The van der Waals surface area contributed by atoms with Crippen molar-refractivity contribution in [3.63, 3.8) is 0 Å². The summed E-state index contributed by atoms with van der Waals surface area (Å²) in [6.45, 7) is 2.03. The summed E-state index contributed by atoms with van der Waals surface area (Å²) in [6, 6.07) is 14.3. The quantitative estimate of drug-likeness (QED) is 0.589. The molecule has 0 atom stereocenters. The minimum atomic E-state index is -0.259. The van der Waals surface area contributed by atoms with E-state index in [0.717, 1.165) is 28.7 Å². The summed E-state index contributed by atoms with van der Waals surface area (Å²) in [7, 11) is 1.62. The van der Waals surface area contributed by atoms with Crippen LogP contribution in [0.1, 0.15) is 16.7 Å². The van der Waals surface area contributed by atoms with Gasteiger partial charge in [0.15, 0.2) is 11.5 Å². The van der Waals surface area contributed by atoms with Crippen molar-refractivity contribution in [2.24, 2.45) is 0 Å². The topological polar surface area (TPSA) is 48.0 Å². The third-order valence-electron chi connectivity index (χ3n) is 4.10. The standard InChI is InChI=1S/C21H20BrFN2O2/c1-26-20-11-17(13-25-12-15-6-8-24-9-7-15)10-19(22)21(20)27-14-16-2-4-18(23)5-3-16/h2-11,25H,12-14H2,1H3/p+1. The molecule has 2 aromatic carbocycles. The van der Waals surface area contributed by atoms with Crippen molar-refractivity contribution < 1.29 is 19.2 Å². The van der Waals surface area contributed by atoms with E-state index in [1.54, 1.807) is 31.6 Å². The van der Waals surface area contributed by atoms with Crippen LogP contribution in [0.2, 0.25) is 0 Å². The van der Waals surface area contributed by atoms with E-state index >= 15 is 0 Å². The largest absolute Gasteiger partial charge is 0.493 e. The van der Waals surface area contributed by atoms with Crippen molar-refractivity contribution in [2.75, 3.05) is 7.11 Å². The zero-order chi connectivity index (χ0) is 19.1. The Morgan fingerprint density at radius 2 is 1.67 bits per heavy atom. The summed E-state index contributed by atoms with van der Waals surface area (Å²) in [4.78, 5) is 4.03. The zero-order valence-corrected chi connectivity index (χ0v) is 16.6. The predicted molar refractivity (Wildman–Crippen MR) is 105 cm³/mol. The Morgan fingerprint density at radius 3 is 2.37 bits per heavy atom. The van der Waals surface area contributed by atoms with Crippen LogP contribution in [0.15, 0.2) is 65.4 Å². The van der Waals surface area contributed by atoms with Crippen LogP contribution in [0.5, 0.6) is 11.5 Å². The number of hydrogen-bond donors (Lipinski definition) is 1. The van der Waals surface area contributed by atoms with E-state index in [2.05, 4.69) is 26.2 Å². The molecule has 0 saturated heterocycles. The van der Waals surface area contributed by atoms with Gasteiger partial charge in [-0.05, 0) is 57.9 Å². The molecule has 0 aliphatic carbocycles. The summed E-state index contributed by atoms with van der Waals surface area (Å²) in [5.41, 5.74) is 3.25. The molecule has 0 aliphatic heterocycles. The molecule has 1 aromatic heterocycles. The average Bonchev–Trinajstić information content (AvgIpc) is 2.69. The lowest BCUT2D eigenvalue weighted by Crippen LogP contribution is -2.80. The number of benzene rings is 2. The highest BCUT2D eigenvalue weighted by Gasteiger charge is 2.13. The van der Waals surface area contributed by atoms with Gasteiger partial charge in [-0.2, -0.15) is 0 Å². The molecule has 0 saturated carbocycles. The van der Waals surface area contributed by atoms with Crippen LogP contribution in [0.25, 0.3) is 0 Å². The van der Waals surface area contributed by atoms with Gasteiger partial charge in [0.25, 0.3) is 0 Å². The maximum Gasteiger partial charge on any atom is 0.175 e. The lowest BCUT2D eigenvalue weighted by atomic mass is 10.2. The van der Waals surface area contributed by atoms with Crippen molar-refractivity contribution >= 4 is 15.9 Å². The first-order valence-corrected chi connectivity index (χ1v) is 9.39. The Bertz CT molecular complexity index is 873. The molecular formula is C21H21BrFN2O2+. The molecule has 0 fully saturated rings. The molecule has 0 aliphatic rings. The second-order valence-electron chi connectivity index (χ2n) is 6.08. The molecule has 0 radical (unpaired) electrons. The van der Waals surface area contributed by atoms with Gasteiger partial charge in [0, 0.05) is 23.5 Å². The monoisotopic (exact) mass is 431 g/mol. The number of nitrogens with zero attached hydrogens (tertiary/aromatic N) is 1. The van der Waals surface area contributed by atoms with E-state index < -0.39 is 0 Å². The number of ether oxygens (including phenoxy) is 2. The molecule has 0 bridgehead atoms. The first-order chi connectivity index (χ1) is 13.2. The SMILES string of the molecule is COc1cc(C[NH2+]Cc2ccncc2)cc(Br)c1OCc1ccc(F)cc1. The van der Waals surface area contributed by atoms with Crippen LogP contribution in [0.3, 0.4) is 0 Å². The summed E-state index contributed by atoms with van der Waals surface area (Å²) < 4.78 is 25.2. The fourth-order valence-electron chi connectivity index (χ4n) is 2.69. The maximum atomic E-state index is 13.0. The van der Waals surface area contributed by atoms with E-state index in [1.807, 2.05) is 24.3 Å². The molecular weight excluding hydrogens is 411 g/mol. The molecule has 3 rings (SSSR count). The Balaban J connectivity index is 1.64. The second kappa shape index (κ2) is 9.48. The van der Waals surface area contributed by atoms with Crippen LogP contribution in [0.4, 0.5) is 4.39 Å². The molecule has 27 heavy (non-hydrogen) atoms. The average molecular weight is 432 g/mol. The number of rotatable bonds is 8. The molecule has 2 N–H and O–H groups in total. The Kier molecular flexibility index (Phi) is 6.79. The van der Waals surface area contributed by atoms with Gasteiger partial charge in [0.05, 0.1) is 11.6 Å². The van der Waals surface area contributed by atoms with Crippen molar-refractivity contribution in [1.29, 1.82) is 0 Å². The van der Waals surface area contributed by atoms with E-state index in [-0.39, 0.29) is 5.82 Å². The number of halogens is 2. The highest BCUT2D eigenvalue weighted by molar-refractivity contribution is 9.10. The first kappa shape index (κ1) is 19.3. The minimum Gasteiger partial charge on any atom is -0.493 e. The molecule has 0 unspecified atom stereocenters. The third-order valence-corrected chi connectivity index (χ3v) is 4.68. The van der Waals surface area contributed by atoms with Gasteiger partial charge < -0.3 is 14.8 Å². The molecule has 3 aromatic rings. The molecule has 6 heteroatoms. The van der Waals surface area contributed by atoms with E-state index in [4.69, 9.17) is 9.47 Å². The summed E-state index contributed by atoms with van der Waals surface area (Å²) >= 11 is 3.57. The maximum absolute atomic E-state index is 13.0. The highest BCUT2D eigenvalue weighted by atomic mass is 79.9. The predicted octanol–water partition coefficient (Wildman–Crippen LogP) is 3.83. The lowest BCUT2D eigenvalue weighted by molar-refractivity contribution is -0.686. The Hall–Kier alpha value is -2.44. The van der Waals surface area contributed by atoms with Crippen molar-refractivity contribution in [2.45, 2.75) is 19.7 Å². The van der Waals surface area contributed by atoms with E-state index in [0.29, 0.717) is 18.1 Å². The number of methoxy groups -OCH3 is 1.